The van der Waals surface area contributed by atoms with Crippen molar-refractivity contribution in [2.45, 2.75) is 19.3 Å². The summed E-state index contributed by atoms with van der Waals surface area (Å²) >= 11 is 0. The minimum Gasteiger partial charge on any atom is -0.394 e. The zero-order valence-electron chi connectivity index (χ0n) is 8.74. The molecule has 0 aromatic carbocycles. The van der Waals surface area contributed by atoms with Gasteiger partial charge in [-0.25, -0.2) is 0 Å². The van der Waals surface area contributed by atoms with E-state index in [1.807, 2.05) is 0 Å². The fourth-order valence-electron chi connectivity index (χ4n) is 1.65. The summed E-state index contributed by atoms with van der Waals surface area (Å²) in [4.78, 5) is 6.02. The van der Waals surface area contributed by atoms with Crippen molar-refractivity contribution in [1.29, 1.82) is 0 Å². The zero-order chi connectivity index (χ0) is 12.6. The second kappa shape index (κ2) is 3.91. The molecule has 1 aliphatic heterocycles. The van der Waals surface area contributed by atoms with Crippen LogP contribution >= 0.6 is 0 Å². The van der Waals surface area contributed by atoms with Gasteiger partial charge in [-0.3, -0.25) is 0 Å². The van der Waals surface area contributed by atoms with Crippen LogP contribution in [0, 0.1) is 0 Å². The molecule has 1 aliphatic rings. The van der Waals surface area contributed by atoms with Crippen molar-refractivity contribution in [3.05, 3.63) is 24.1 Å². The lowest BCUT2D eigenvalue weighted by Gasteiger charge is -2.29. The van der Waals surface area contributed by atoms with Gasteiger partial charge in [0.2, 0.25) is 11.7 Å². The Morgan fingerprint density at radius 3 is 2.65 bits per heavy atom. The maximum Gasteiger partial charge on any atom is 0.451 e. The number of alkyl halides is 3. The molecule has 0 unspecified atom stereocenters. The van der Waals surface area contributed by atoms with Crippen LogP contribution in [0.5, 0.6) is 0 Å². The van der Waals surface area contributed by atoms with E-state index in [9.17, 15) is 13.2 Å². The van der Waals surface area contributed by atoms with Gasteiger partial charge in [-0.05, 0) is 6.58 Å². The standard InChI is InChI=1S/C8H10F3N5O/c1-5(17-12)15-2-3-16-6(4-15)13-14-7(16)8(9,10)11/h1-4,12H2. The molecule has 0 aliphatic carbocycles. The van der Waals surface area contributed by atoms with Crippen LogP contribution in [0.15, 0.2) is 12.5 Å². The third kappa shape index (κ3) is 2.05. The van der Waals surface area contributed by atoms with E-state index < -0.39 is 12.0 Å². The van der Waals surface area contributed by atoms with E-state index >= 15 is 0 Å². The highest BCUT2D eigenvalue weighted by atomic mass is 19.4. The zero-order valence-corrected chi connectivity index (χ0v) is 8.74. The summed E-state index contributed by atoms with van der Waals surface area (Å²) in [5, 5.41) is 6.65. The Morgan fingerprint density at radius 2 is 2.06 bits per heavy atom. The second-order valence-corrected chi connectivity index (χ2v) is 3.52. The molecule has 0 bridgehead atoms. The summed E-state index contributed by atoms with van der Waals surface area (Å²) < 4.78 is 38.6. The van der Waals surface area contributed by atoms with Crippen LogP contribution in [0.4, 0.5) is 13.2 Å². The van der Waals surface area contributed by atoms with Crippen LogP contribution in [0.3, 0.4) is 0 Å². The predicted octanol–water partition coefficient (Wildman–Crippen LogP) is 0.474. The highest BCUT2D eigenvalue weighted by molar-refractivity contribution is 5.04. The summed E-state index contributed by atoms with van der Waals surface area (Å²) in [6.45, 7) is 4.08. The molecule has 1 aromatic heterocycles. The van der Waals surface area contributed by atoms with Gasteiger partial charge in [-0.15, -0.1) is 10.2 Å². The van der Waals surface area contributed by atoms with E-state index in [1.54, 1.807) is 4.90 Å². The van der Waals surface area contributed by atoms with Gasteiger partial charge in [0.15, 0.2) is 5.82 Å². The van der Waals surface area contributed by atoms with Gasteiger partial charge in [0, 0.05) is 13.1 Å². The monoisotopic (exact) mass is 249 g/mol. The van der Waals surface area contributed by atoms with Gasteiger partial charge in [0.05, 0.1) is 6.54 Å². The maximum atomic E-state index is 12.5. The number of hydrogen-bond acceptors (Lipinski definition) is 5. The molecule has 94 valence electrons. The molecule has 0 radical (unpaired) electrons. The van der Waals surface area contributed by atoms with E-state index in [0.29, 0.717) is 6.54 Å². The number of hydrogen-bond donors (Lipinski definition) is 1. The topological polar surface area (TPSA) is 69.2 Å². The molecule has 0 spiro atoms. The average Bonchev–Trinajstić information content (AvgIpc) is 2.70. The number of nitrogens with zero attached hydrogens (tertiary/aromatic N) is 4. The third-order valence-corrected chi connectivity index (χ3v) is 2.50. The predicted molar refractivity (Wildman–Crippen MR) is 49.8 cm³/mol. The van der Waals surface area contributed by atoms with E-state index in [0.717, 1.165) is 4.57 Å². The van der Waals surface area contributed by atoms with Gasteiger partial charge in [0.1, 0.15) is 0 Å². The molecule has 6 nitrogen and oxygen atoms in total. The lowest BCUT2D eigenvalue weighted by Crippen LogP contribution is -2.35. The fraction of sp³-hybridized carbons (Fsp3) is 0.500. The third-order valence-electron chi connectivity index (χ3n) is 2.50. The summed E-state index contributed by atoms with van der Waals surface area (Å²) in [5.41, 5.74) is 0. The van der Waals surface area contributed by atoms with E-state index in [2.05, 4.69) is 21.6 Å². The molecule has 9 heteroatoms. The molecule has 2 heterocycles. The number of rotatable bonds is 2. The molecular weight excluding hydrogens is 239 g/mol. The number of halogens is 3. The number of aromatic nitrogens is 3. The summed E-state index contributed by atoms with van der Waals surface area (Å²) in [7, 11) is 0. The SMILES string of the molecule is C=C(ON)N1CCn2c(nnc2C(F)(F)F)C1. The van der Waals surface area contributed by atoms with Gasteiger partial charge in [-0.2, -0.15) is 19.1 Å². The Kier molecular flexibility index (Phi) is 2.69. The first-order valence-electron chi connectivity index (χ1n) is 4.73. The Morgan fingerprint density at radius 1 is 1.35 bits per heavy atom. The molecule has 0 saturated carbocycles. The minimum atomic E-state index is -4.49. The van der Waals surface area contributed by atoms with Crippen LogP contribution in [-0.2, 0) is 24.1 Å². The Balaban J connectivity index is 2.25. The maximum absolute atomic E-state index is 12.5. The Hall–Kier alpha value is -1.77. The lowest BCUT2D eigenvalue weighted by atomic mass is 10.3. The number of nitrogens with two attached hydrogens (primary N) is 1. The molecule has 0 amide bonds. The van der Waals surface area contributed by atoms with Crippen molar-refractivity contribution in [1.82, 2.24) is 19.7 Å². The fourth-order valence-corrected chi connectivity index (χ4v) is 1.65. The molecule has 2 rings (SSSR count). The van der Waals surface area contributed by atoms with Gasteiger partial charge < -0.3 is 14.3 Å². The summed E-state index contributed by atoms with van der Waals surface area (Å²) in [6, 6.07) is 0. The lowest BCUT2D eigenvalue weighted by molar-refractivity contribution is -0.148. The van der Waals surface area contributed by atoms with Crippen molar-refractivity contribution < 1.29 is 18.0 Å². The van der Waals surface area contributed by atoms with Crippen LogP contribution in [0.2, 0.25) is 0 Å². The molecule has 0 atom stereocenters. The normalized spacial score (nSPS) is 15.6. The first kappa shape index (κ1) is 11.7. The highest BCUT2D eigenvalue weighted by Crippen LogP contribution is 2.29. The van der Waals surface area contributed by atoms with E-state index in [4.69, 9.17) is 5.90 Å². The second-order valence-electron chi connectivity index (χ2n) is 3.52. The van der Waals surface area contributed by atoms with Gasteiger partial charge in [0.25, 0.3) is 0 Å². The first-order chi connectivity index (χ1) is 7.93. The largest absolute Gasteiger partial charge is 0.451 e. The van der Waals surface area contributed by atoms with Crippen LogP contribution < -0.4 is 5.90 Å². The Labute approximate surface area is 94.4 Å². The van der Waals surface area contributed by atoms with Crippen molar-refractivity contribution in [3.8, 4) is 0 Å². The average molecular weight is 249 g/mol. The molecular formula is C8H10F3N5O. The highest BCUT2D eigenvalue weighted by Gasteiger charge is 2.39. The number of fused-ring (bicyclic) bond motifs is 1. The molecule has 0 fully saturated rings. The van der Waals surface area contributed by atoms with Gasteiger partial charge in [-0.1, -0.05) is 0 Å². The smallest absolute Gasteiger partial charge is 0.394 e. The van der Waals surface area contributed by atoms with Crippen molar-refractivity contribution in [2.75, 3.05) is 6.54 Å². The summed E-state index contributed by atoms with van der Waals surface area (Å²) in [5.74, 6) is 4.35. The van der Waals surface area contributed by atoms with E-state index in [-0.39, 0.29) is 24.8 Å². The van der Waals surface area contributed by atoms with Crippen LogP contribution in [0.25, 0.3) is 0 Å². The molecule has 0 saturated heterocycles. The minimum absolute atomic E-state index is 0.111. The summed E-state index contributed by atoms with van der Waals surface area (Å²) in [6.07, 6.45) is -4.49. The van der Waals surface area contributed by atoms with Gasteiger partial charge >= 0.3 is 6.18 Å². The van der Waals surface area contributed by atoms with Crippen molar-refractivity contribution in [2.24, 2.45) is 5.90 Å². The van der Waals surface area contributed by atoms with Crippen molar-refractivity contribution in [3.63, 3.8) is 0 Å². The van der Waals surface area contributed by atoms with Crippen molar-refractivity contribution >= 4 is 0 Å². The Bertz CT molecular complexity index is 441. The molecule has 1 aromatic rings. The first-order valence-corrected chi connectivity index (χ1v) is 4.73. The quantitative estimate of drug-likeness (QED) is 0.609. The van der Waals surface area contributed by atoms with E-state index in [1.165, 1.54) is 0 Å². The van der Waals surface area contributed by atoms with Crippen LogP contribution in [0.1, 0.15) is 11.6 Å². The molecule has 2 N–H and O–H groups in total. The van der Waals surface area contributed by atoms with Crippen LogP contribution in [-0.4, -0.2) is 26.2 Å². The molecule has 17 heavy (non-hydrogen) atoms.